The Bertz CT molecular complexity index is 477. The van der Waals surface area contributed by atoms with Crippen molar-refractivity contribution in [2.24, 2.45) is 5.92 Å². The van der Waals surface area contributed by atoms with E-state index in [0.717, 1.165) is 18.4 Å². The fourth-order valence-corrected chi connectivity index (χ4v) is 2.30. The highest BCUT2D eigenvalue weighted by molar-refractivity contribution is 9.10. The monoisotopic (exact) mass is 297 g/mol. The van der Waals surface area contributed by atoms with Crippen molar-refractivity contribution >= 4 is 27.5 Å². The van der Waals surface area contributed by atoms with Crippen LogP contribution in [0.4, 0.5) is 10.1 Å². The van der Waals surface area contributed by atoms with Gasteiger partial charge in [0.2, 0.25) is 5.91 Å². The molecule has 1 aromatic carbocycles. The minimum atomic E-state index is -0.365. The number of anilines is 1. The zero-order valence-corrected chi connectivity index (χ0v) is 11.1. The summed E-state index contributed by atoms with van der Waals surface area (Å²) in [6.07, 6.45) is 5.53. The molecule has 0 heterocycles. The molecule has 1 amide bonds. The molecule has 1 aliphatic rings. The maximum absolute atomic E-state index is 13.4. The minimum Gasteiger partial charge on any atom is -0.325 e. The topological polar surface area (TPSA) is 29.1 Å². The number of carbonyl (C=O) groups excluding carboxylic acids is 1. The van der Waals surface area contributed by atoms with Gasteiger partial charge in [-0.3, -0.25) is 4.79 Å². The van der Waals surface area contributed by atoms with Gasteiger partial charge < -0.3 is 5.32 Å². The summed E-state index contributed by atoms with van der Waals surface area (Å²) in [6, 6.07) is 3.01. The van der Waals surface area contributed by atoms with Crippen molar-refractivity contribution in [3.05, 3.63) is 40.1 Å². The van der Waals surface area contributed by atoms with Gasteiger partial charge in [-0.2, -0.15) is 0 Å². The molecule has 90 valence electrons. The molecule has 4 heteroatoms. The van der Waals surface area contributed by atoms with Crippen LogP contribution in [0.1, 0.15) is 18.4 Å². The third kappa shape index (κ3) is 2.75. The molecule has 1 N–H and O–H groups in total. The summed E-state index contributed by atoms with van der Waals surface area (Å²) >= 11 is 3.11. The van der Waals surface area contributed by atoms with Gasteiger partial charge in [-0.05, 0) is 53.4 Å². The average Bonchev–Trinajstić information content (AvgIpc) is 2.79. The summed E-state index contributed by atoms with van der Waals surface area (Å²) in [5, 5.41) is 2.78. The van der Waals surface area contributed by atoms with E-state index in [2.05, 4.69) is 21.2 Å². The molecule has 1 aromatic rings. The first-order valence-electron chi connectivity index (χ1n) is 5.49. The number of nitrogens with one attached hydrogen (secondary N) is 1. The number of hydrogen-bond acceptors (Lipinski definition) is 1. The molecular formula is C13H13BrFNO. The Morgan fingerprint density at radius 3 is 2.71 bits per heavy atom. The Morgan fingerprint density at radius 2 is 2.06 bits per heavy atom. The number of carbonyl (C=O) groups is 1. The summed E-state index contributed by atoms with van der Waals surface area (Å²) in [5.41, 5.74) is 1.39. The van der Waals surface area contributed by atoms with E-state index in [-0.39, 0.29) is 17.6 Å². The number of hydrogen-bond donors (Lipinski definition) is 1. The van der Waals surface area contributed by atoms with Crippen LogP contribution in [0.15, 0.2) is 28.8 Å². The van der Waals surface area contributed by atoms with Crippen LogP contribution in [0, 0.1) is 18.7 Å². The standard InChI is InChI=1S/C13H13BrFNO/c1-8-6-10(14)11(15)7-12(8)16-13(17)9-4-2-3-5-9/h2-3,6-7,9H,4-5H2,1H3,(H,16,17). The SMILES string of the molecule is Cc1cc(Br)c(F)cc1NC(=O)C1CC=CC1. The second-order valence-corrected chi connectivity index (χ2v) is 5.06. The number of allylic oxidation sites excluding steroid dienone is 2. The largest absolute Gasteiger partial charge is 0.325 e. The highest BCUT2D eigenvalue weighted by Crippen LogP contribution is 2.26. The van der Waals surface area contributed by atoms with Crippen molar-refractivity contribution in [3.8, 4) is 0 Å². The third-order valence-corrected chi connectivity index (χ3v) is 3.51. The van der Waals surface area contributed by atoms with E-state index in [1.807, 2.05) is 19.1 Å². The van der Waals surface area contributed by atoms with Crippen LogP contribution in [0.5, 0.6) is 0 Å². The normalized spacial score (nSPS) is 15.2. The molecule has 0 aliphatic heterocycles. The lowest BCUT2D eigenvalue weighted by Crippen LogP contribution is -2.21. The number of aryl methyl sites for hydroxylation is 1. The molecule has 0 saturated heterocycles. The molecule has 0 saturated carbocycles. The maximum atomic E-state index is 13.4. The highest BCUT2D eigenvalue weighted by Gasteiger charge is 2.20. The van der Waals surface area contributed by atoms with Crippen LogP contribution in [0.2, 0.25) is 0 Å². The van der Waals surface area contributed by atoms with Crippen molar-refractivity contribution in [2.45, 2.75) is 19.8 Å². The van der Waals surface area contributed by atoms with Crippen LogP contribution in [-0.2, 0) is 4.79 Å². The summed E-state index contributed by atoms with van der Waals surface area (Å²) in [6.45, 7) is 1.84. The quantitative estimate of drug-likeness (QED) is 0.827. The molecule has 2 nitrogen and oxygen atoms in total. The maximum Gasteiger partial charge on any atom is 0.228 e. The van der Waals surface area contributed by atoms with Crippen molar-refractivity contribution in [3.63, 3.8) is 0 Å². The van der Waals surface area contributed by atoms with Gasteiger partial charge in [0, 0.05) is 11.6 Å². The lowest BCUT2D eigenvalue weighted by molar-refractivity contribution is -0.119. The van der Waals surface area contributed by atoms with Crippen LogP contribution in [0.3, 0.4) is 0 Å². The van der Waals surface area contributed by atoms with E-state index < -0.39 is 0 Å². The molecule has 2 rings (SSSR count). The van der Waals surface area contributed by atoms with E-state index in [4.69, 9.17) is 0 Å². The Balaban J connectivity index is 2.13. The molecule has 0 spiro atoms. The second kappa shape index (κ2) is 5.00. The van der Waals surface area contributed by atoms with Gasteiger partial charge in [-0.15, -0.1) is 0 Å². The van der Waals surface area contributed by atoms with E-state index in [1.165, 1.54) is 6.07 Å². The van der Waals surface area contributed by atoms with Crippen LogP contribution < -0.4 is 5.32 Å². The van der Waals surface area contributed by atoms with Gasteiger partial charge in [0.05, 0.1) is 4.47 Å². The van der Waals surface area contributed by atoms with Gasteiger partial charge >= 0.3 is 0 Å². The Kier molecular flexibility index (Phi) is 3.62. The Morgan fingerprint density at radius 1 is 1.41 bits per heavy atom. The molecule has 0 fully saturated rings. The fraction of sp³-hybridized carbons (Fsp3) is 0.308. The zero-order valence-electron chi connectivity index (χ0n) is 9.47. The molecule has 0 radical (unpaired) electrons. The molecule has 1 aliphatic carbocycles. The first kappa shape index (κ1) is 12.3. The number of halogens is 2. The predicted molar refractivity (Wildman–Crippen MR) is 69.3 cm³/mol. The summed E-state index contributed by atoms with van der Waals surface area (Å²) in [4.78, 5) is 11.9. The molecule has 0 unspecified atom stereocenters. The lowest BCUT2D eigenvalue weighted by Gasteiger charge is -2.13. The molecule has 0 bridgehead atoms. The van der Waals surface area contributed by atoms with Gasteiger partial charge in [-0.1, -0.05) is 12.2 Å². The number of amides is 1. The summed E-state index contributed by atoms with van der Waals surface area (Å²) in [5.74, 6) is -0.420. The molecular weight excluding hydrogens is 285 g/mol. The second-order valence-electron chi connectivity index (χ2n) is 4.21. The lowest BCUT2D eigenvalue weighted by atomic mass is 10.1. The van der Waals surface area contributed by atoms with Gasteiger partial charge in [0.1, 0.15) is 5.82 Å². The van der Waals surface area contributed by atoms with Crippen molar-refractivity contribution in [2.75, 3.05) is 5.32 Å². The highest BCUT2D eigenvalue weighted by atomic mass is 79.9. The van der Waals surface area contributed by atoms with E-state index >= 15 is 0 Å². The number of rotatable bonds is 2. The van der Waals surface area contributed by atoms with Gasteiger partial charge in [0.15, 0.2) is 0 Å². The average molecular weight is 298 g/mol. The molecule has 0 aromatic heterocycles. The third-order valence-electron chi connectivity index (χ3n) is 2.90. The minimum absolute atomic E-state index is 0.0129. The van der Waals surface area contributed by atoms with Crippen molar-refractivity contribution in [1.29, 1.82) is 0 Å². The van der Waals surface area contributed by atoms with Crippen molar-refractivity contribution in [1.82, 2.24) is 0 Å². The Hall–Kier alpha value is -1.16. The van der Waals surface area contributed by atoms with E-state index in [0.29, 0.717) is 10.2 Å². The zero-order chi connectivity index (χ0) is 12.4. The first-order chi connectivity index (χ1) is 8.08. The summed E-state index contributed by atoms with van der Waals surface area (Å²) < 4.78 is 13.8. The van der Waals surface area contributed by atoms with Crippen LogP contribution >= 0.6 is 15.9 Å². The molecule has 17 heavy (non-hydrogen) atoms. The van der Waals surface area contributed by atoms with E-state index in [1.54, 1.807) is 6.07 Å². The predicted octanol–water partition coefficient (Wildman–Crippen LogP) is 3.80. The van der Waals surface area contributed by atoms with E-state index in [9.17, 15) is 9.18 Å². The fourth-order valence-electron chi connectivity index (χ4n) is 1.85. The van der Waals surface area contributed by atoms with Crippen molar-refractivity contribution < 1.29 is 9.18 Å². The summed E-state index contributed by atoms with van der Waals surface area (Å²) in [7, 11) is 0. The van der Waals surface area contributed by atoms with Gasteiger partial charge in [-0.25, -0.2) is 4.39 Å². The van der Waals surface area contributed by atoms with Gasteiger partial charge in [0.25, 0.3) is 0 Å². The van der Waals surface area contributed by atoms with Crippen LogP contribution in [-0.4, -0.2) is 5.91 Å². The Labute approximate surface area is 108 Å². The van der Waals surface area contributed by atoms with Crippen LogP contribution in [0.25, 0.3) is 0 Å². The molecule has 0 atom stereocenters. The first-order valence-corrected chi connectivity index (χ1v) is 6.28. The number of benzene rings is 1. The smallest absolute Gasteiger partial charge is 0.228 e.